The zero-order valence-electron chi connectivity index (χ0n) is 9.11. The Morgan fingerprint density at radius 3 is 2.82 bits per heavy atom. The van der Waals surface area contributed by atoms with Gasteiger partial charge in [-0.2, -0.15) is 0 Å². The van der Waals surface area contributed by atoms with Gasteiger partial charge in [-0.25, -0.2) is 14.4 Å². The molecule has 3 aromatic rings. The van der Waals surface area contributed by atoms with E-state index in [0.29, 0.717) is 22.6 Å². The molecule has 0 bridgehead atoms. The van der Waals surface area contributed by atoms with Crippen LogP contribution < -0.4 is 0 Å². The maximum Gasteiger partial charge on any atom is 0.158 e. The first-order chi connectivity index (χ1) is 8.22. The van der Waals surface area contributed by atoms with Crippen molar-refractivity contribution in [1.82, 2.24) is 19.9 Å². The molecule has 84 valence electrons. The molecule has 0 aliphatic rings. The number of imidazole rings is 1. The van der Waals surface area contributed by atoms with Gasteiger partial charge in [-0.15, -0.1) is 0 Å². The molecule has 17 heavy (non-hydrogen) atoms. The minimum absolute atomic E-state index is 0.289. The van der Waals surface area contributed by atoms with Crippen LogP contribution in [-0.4, -0.2) is 19.9 Å². The minimum atomic E-state index is -0.289. The van der Waals surface area contributed by atoms with Crippen LogP contribution >= 0.6 is 0 Å². The monoisotopic (exact) mass is 228 g/mol. The second-order valence-corrected chi connectivity index (χ2v) is 3.79. The van der Waals surface area contributed by atoms with E-state index in [-0.39, 0.29) is 5.82 Å². The number of fused-ring (bicyclic) bond motifs is 1. The fourth-order valence-electron chi connectivity index (χ4n) is 1.62. The van der Waals surface area contributed by atoms with E-state index in [1.165, 1.54) is 12.1 Å². The number of hydrogen-bond donors (Lipinski definition) is 1. The molecule has 0 aliphatic carbocycles. The van der Waals surface area contributed by atoms with Crippen molar-refractivity contribution in [1.29, 1.82) is 0 Å². The predicted octanol–water partition coefficient (Wildman–Crippen LogP) is 2.47. The summed E-state index contributed by atoms with van der Waals surface area (Å²) in [5.74, 6) is 0.306. The zero-order chi connectivity index (χ0) is 11.8. The lowest BCUT2D eigenvalue weighted by Gasteiger charge is -1.94. The van der Waals surface area contributed by atoms with Crippen molar-refractivity contribution in [2.45, 2.75) is 6.92 Å². The molecule has 0 atom stereocenters. The largest absolute Gasteiger partial charge is 0.337 e. The minimum Gasteiger partial charge on any atom is -0.337 e. The van der Waals surface area contributed by atoms with Gasteiger partial charge in [0.05, 0.1) is 22.9 Å². The van der Waals surface area contributed by atoms with E-state index in [4.69, 9.17) is 0 Å². The number of hydrogen-bond acceptors (Lipinski definition) is 3. The topological polar surface area (TPSA) is 54.5 Å². The van der Waals surface area contributed by atoms with Crippen LogP contribution in [0.3, 0.4) is 0 Å². The van der Waals surface area contributed by atoms with Gasteiger partial charge >= 0.3 is 0 Å². The van der Waals surface area contributed by atoms with E-state index in [2.05, 4.69) is 19.9 Å². The zero-order valence-corrected chi connectivity index (χ0v) is 9.11. The maximum absolute atomic E-state index is 13.0. The fraction of sp³-hybridized carbons (Fsp3) is 0.0833. The second kappa shape index (κ2) is 3.62. The number of aryl methyl sites for hydroxylation is 1. The molecule has 1 N–H and O–H groups in total. The first-order valence-corrected chi connectivity index (χ1v) is 5.17. The molecule has 4 nitrogen and oxygen atoms in total. The van der Waals surface area contributed by atoms with Crippen molar-refractivity contribution in [3.8, 4) is 11.5 Å². The molecule has 5 heteroatoms. The number of benzene rings is 1. The predicted molar refractivity (Wildman–Crippen MR) is 61.8 cm³/mol. The summed E-state index contributed by atoms with van der Waals surface area (Å²) >= 11 is 0. The van der Waals surface area contributed by atoms with Gasteiger partial charge in [0.2, 0.25) is 0 Å². The Morgan fingerprint density at radius 1 is 1.18 bits per heavy atom. The van der Waals surface area contributed by atoms with Crippen LogP contribution in [0.1, 0.15) is 5.69 Å². The molecular formula is C12H9FN4. The van der Waals surface area contributed by atoms with Crippen molar-refractivity contribution < 1.29 is 4.39 Å². The summed E-state index contributed by atoms with van der Waals surface area (Å²) in [4.78, 5) is 15.7. The summed E-state index contributed by atoms with van der Waals surface area (Å²) in [6.07, 6.45) is 3.31. The van der Waals surface area contributed by atoms with Crippen molar-refractivity contribution in [2.75, 3.05) is 0 Å². The summed E-state index contributed by atoms with van der Waals surface area (Å²) in [5, 5.41) is 0. The lowest BCUT2D eigenvalue weighted by Crippen LogP contribution is -1.89. The number of aromatic nitrogens is 4. The molecule has 0 saturated carbocycles. The molecule has 0 radical (unpaired) electrons. The second-order valence-electron chi connectivity index (χ2n) is 3.79. The lowest BCUT2D eigenvalue weighted by atomic mass is 10.3. The third-order valence-electron chi connectivity index (χ3n) is 2.47. The van der Waals surface area contributed by atoms with Crippen molar-refractivity contribution in [2.24, 2.45) is 0 Å². The molecule has 0 spiro atoms. The number of rotatable bonds is 1. The summed E-state index contributed by atoms with van der Waals surface area (Å²) < 4.78 is 13.0. The molecule has 0 aliphatic heterocycles. The highest BCUT2D eigenvalue weighted by Crippen LogP contribution is 2.18. The van der Waals surface area contributed by atoms with Crippen molar-refractivity contribution in [3.63, 3.8) is 0 Å². The molecule has 0 fully saturated rings. The highest BCUT2D eigenvalue weighted by atomic mass is 19.1. The van der Waals surface area contributed by atoms with Gasteiger partial charge in [0.1, 0.15) is 11.5 Å². The van der Waals surface area contributed by atoms with Crippen LogP contribution in [-0.2, 0) is 0 Å². The van der Waals surface area contributed by atoms with E-state index in [1.807, 2.05) is 6.92 Å². The van der Waals surface area contributed by atoms with Crippen LogP contribution in [0.5, 0.6) is 0 Å². The summed E-state index contributed by atoms with van der Waals surface area (Å²) in [6, 6.07) is 4.42. The quantitative estimate of drug-likeness (QED) is 0.696. The van der Waals surface area contributed by atoms with Gasteiger partial charge in [0.25, 0.3) is 0 Å². The Labute approximate surface area is 96.6 Å². The third kappa shape index (κ3) is 1.75. The lowest BCUT2D eigenvalue weighted by molar-refractivity contribution is 0.629. The van der Waals surface area contributed by atoms with Gasteiger partial charge in [0, 0.05) is 6.20 Å². The molecule has 2 aromatic heterocycles. The van der Waals surface area contributed by atoms with E-state index in [1.54, 1.807) is 18.5 Å². The van der Waals surface area contributed by atoms with Crippen LogP contribution in [0.15, 0.2) is 30.6 Å². The third-order valence-corrected chi connectivity index (χ3v) is 2.47. The highest BCUT2D eigenvalue weighted by Gasteiger charge is 2.07. The molecule has 0 unspecified atom stereocenters. The smallest absolute Gasteiger partial charge is 0.158 e. The first kappa shape index (κ1) is 9.89. The van der Waals surface area contributed by atoms with Crippen LogP contribution in [0, 0.1) is 12.7 Å². The Balaban J connectivity index is 2.14. The molecule has 0 amide bonds. The van der Waals surface area contributed by atoms with Gasteiger partial charge in [-0.05, 0) is 25.1 Å². The van der Waals surface area contributed by atoms with E-state index in [0.717, 1.165) is 5.69 Å². The summed E-state index contributed by atoms with van der Waals surface area (Å²) in [7, 11) is 0. The summed E-state index contributed by atoms with van der Waals surface area (Å²) in [6.45, 7) is 1.87. The van der Waals surface area contributed by atoms with Gasteiger partial charge in [-0.3, -0.25) is 4.98 Å². The normalized spacial score (nSPS) is 10.9. The average molecular weight is 228 g/mol. The van der Waals surface area contributed by atoms with Crippen molar-refractivity contribution in [3.05, 3.63) is 42.1 Å². The Hall–Kier alpha value is -2.30. The van der Waals surface area contributed by atoms with Gasteiger partial charge in [0.15, 0.2) is 5.82 Å². The van der Waals surface area contributed by atoms with Crippen molar-refractivity contribution >= 4 is 11.0 Å². The number of H-pyrrole nitrogens is 1. The van der Waals surface area contributed by atoms with Crippen LogP contribution in [0.25, 0.3) is 22.6 Å². The molecular weight excluding hydrogens is 219 g/mol. The van der Waals surface area contributed by atoms with E-state index in [9.17, 15) is 4.39 Å². The SMILES string of the molecule is Cc1cnc(-c2nc3ccc(F)cc3[nH]2)cn1. The van der Waals surface area contributed by atoms with Crippen LogP contribution in [0.4, 0.5) is 4.39 Å². The van der Waals surface area contributed by atoms with E-state index >= 15 is 0 Å². The van der Waals surface area contributed by atoms with Gasteiger partial charge in [-0.1, -0.05) is 0 Å². The number of halogens is 1. The summed E-state index contributed by atoms with van der Waals surface area (Å²) in [5.41, 5.74) is 2.86. The molecule has 1 aromatic carbocycles. The Kier molecular flexibility index (Phi) is 2.11. The Morgan fingerprint density at radius 2 is 2.06 bits per heavy atom. The van der Waals surface area contributed by atoms with Crippen LogP contribution in [0.2, 0.25) is 0 Å². The molecule has 0 saturated heterocycles. The highest BCUT2D eigenvalue weighted by molar-refractivity contribution is 5.78. The van der Waals surface area contributed by atoms with Gasteiger partial charge < -0.3 is 4.98 Å². The number of nitrogens with one attached hydrogen (secondary N) is 1. The standard InChI is InChI=1S/C12H9FN4/c1-7-5-15-11(6-14-7)12-16-9-3-2-8(13)4-10(9)17-12/h2-6H,1H3,(H,16,17). The maximum atomic E-state index is 13.0. The molecule has 3 rings (SSSR count). The fourth-order valence-corrected chi connectivity index (χ4v) is 1.62. The van der Waals surface area contributed by atoms with E-state index < -0.39 is 0 Å². The Bertz CT molecular complexity index is 673. The first-order valence-electron chi connectivity index (χ1n) is 5.17. The molecule has 2 heterocycles. The number of aromatic amines is 1. The number of nitrogens with zero attached hydrogens (tertiary/aromatic N) is 3. The average Bonchev–Trinajstić information content (AvgIpc) is 2.72.